The van der Waals surface area contributed by atoms with Crippen LogP contribution in [0.1, 0.15) is 213 Å². The molecule has 0 aliphatic carbocycles. The average Bonchev–Trinajstić information content (AvgIpc) is 3.21. The lowest BCUT2D eigenvalue weighted by Crippen LogP contribution is -2.44. The van der Waals surface area contributed by atoms with Crippen LogP contribution in [-0.4, -0.2) is 82.3 Å². The summed E-state index contributed by atoms with van der Waals surface area (Å²) in [7, 11) is 5.91. The molecule has 0 aromatic carbocycles. The van der Waals surface area contributed by atoms with Crippen molar-refractivity contribution in [3.8, 4) is 0 Å². The highest BCUT2D eigenvalue weighted by molar-refractivity contribution is 5.70. The molecule has 9 heteroatoms. The van der Waals surface area contributed by atoms with Crippen molar-refractivity contribution in [3.63, 3.8) is 0 Å². The smallest absolute Gasteiger partial charge is 0.306 e. The lowest BCUT2D eigenvalue weighted by atomic mass is 10.1. The molecule has 0 saturated heterocycles. The maximum atomic E-state index is 12.8. The van der Waals surface area contributed by atoms with E-state index in [2.05, 4.69) is 50.3 Å². The highest BCUT2D eigenvalue weighted by atomic mass is 16.7. The summed E-state index contributed by atoms with van der Waals surface area (Å²) in [5, 5.41) is 11.7. The molecule has 2 atom stereocenters. The molecule has 0 aliphatic heterocycles. The minimum Gasteiger partial charge on any atom is -0.545 e. The first kappa shape index (κ1) is 57.5. The monoisotopic (exact) mass is 848 g/mol. The third-order valence-corrected chi connectivity index (χ3v) is 10.6. The summed E-state index contributed by atoms with van der Waals surface area (Å²) in [5.74, 6) is -2.30. The van der Waals surface area contributed by atoms with Gasteiger partial charge in [0.25, 0.3) is 0 Å². The van der Waals surface area contributed by atoms with Crippen molar-refractivity contribution < 1.29 is 42.9 Å². The Balaban J connectivity index is 4.39. The number of likely N-dealkylation sites (N-methyl/N-ethyl adjacent to an activating group) is 1. The van der Waals surface area contributed by atoms with Gasteiger partial charge >= 0.3 is 11.9 Å². The number of carbonyl (C=O) groups is 3. The van der Waals surface area contributed by atoms with Crippen molar-refractivity contribution in [2.45, 2.75) is 225 Å². The zero-order valence-corrected chi connectivity index (χ0v) is 39.6. The standard InChI is InChI=1S/C51H93NO8/c1-6-8-10-12-14-16-18-20-22-24-26-28-30-32-34-36-38-40-42-49(54)60-47(46-59-51(50(55)56)57-44-43-52(3,4)5)45-58-48(53)41-39-37-35-33-31-29-27-25-23-21-19-17-15-13-11-9-7-2/h16,18,21-24,47,51H,6-15,17,19-20,25-46H2,1-5H3/b18-16-,23-21-,24-22-. The number of hydrogen-bond donors (Lipinski definition) is 0. The largest absolute Gasteiger partial charge is 0.545 e. The number of carboxylic acids is 1. The van der Waals surface area contributed by atoms with E-state index < -0.39 is 24.3 Å². The van der Waals surface area contributed by atoms with E-state index in [1.165, 1.54) is 116 Å². The van der Waals surface area contributed by atoms with E-state index in [4.69, 9.17) is 18.9 Å². The van der Waals surface area contributed by atoms with Crippen molar-refractivity contribution in [1.82, 2.24) is 0 Å². The second-order valence-corrected chi connectivity index (χ2v) is 17.7. The van der Waals surface area contributed by atoms with Crippen LogP contribution in [0, 0.1) is 0 Å². The van der Waals surface area contributed by atoms with Crippen LogP contribution in [0.4, 0.5) is 0 Å². The molecule has 9 nitrogen and oxygen atoms in total. The van der Waals surface area contributed by atoms with E-state index in [1.807, 2.05) is 21.1 Å². The Hall–Kier alpha value is -2.49. The van der Waals surface area contributed by atoms with Crippen LogP contribution >= 0.6 is 0 Å². The first-order valence-corrected chi connectivity index (χ1v) is 24.6. The predicted octanol–water partition coefficient (Wildman–Crippen LogP) is 12.1. The molecule has 0 aromatic heterocycles. The lowest BCUT2D eigenvalue weighted by molar-refractivity contribution is -0.870. The van der Waals surface area contributed by atoms with Gasteiger partial charge in [-0.05, 0) is 70.6 Å². The molecule has 0 saturated carbocycles. The fourth-order valence-electron chi connectivity index (χ4n) is 6.74. The number of ether oxygens (including phenoxy) is 4. The SMILES string of the molecule is CCCCCC/C=C\C/C=C\CCCCCCCCCC(=O)OC(COC(=O)CCCCCCCCC/C=C\CCCCCCCC)COC(OCC[N+](C)(C)C)C(=O)[O-]. The van der Waals surface area contributed by atoms with Crippen molar-refractivity contribution in [2.24, 2.45) is 0 Å². The van der Waals surface area contributed by atoms with Crippen molar-refractivity contribution >= 4 is 17.9 Å². The first-order chi connectivity index (χ1) is 29.1. The van der Waals surface area contributed by atoms with Gasteiger partial charge in [0, 0.05) is 12.8 Å². The van der Waals surface area contributed by atoms with E-state index >= 15 is 0 Å². The zero-order valence-electron chi connectivity index (χ0n) is 39.6. The number of unbranched alkanes of at least 4 members (excludes halogenated alkanes) is 24. The van der Waals surface area contributed by atoms with Gasteiger partial charge in [0.1, 0.15) is 13.2 Å². The maximum Gasteiger partial charge on any atom is 0.306 e. The molecule has 0 fully saturated rings. The summed E-state index contributed by atoms with van der Waals surface area (Å²) < 4.78 is 22.6. The van der Waals surface area contributed by atoms with E-state index in [9.17, 15) is 19.5 Å². The molecule has 350 valence electrons. The van der Waals surface area contributed by atoms with Gasteiger partial charge in [-0.1, -0.05) is 166 Å². The van der Waals surface area contributed by atoms with E-state index in [0.717, 1.165) is 64.2 Å². The number of carbonyl (C=O) groups excluding carboxylic acids is 3. The fourth-order valence-corrected chi connectivity index (χ4v) is 6.74. The van der Waals surface area contributed by atoms with Crippen molar-refractivity contribution in [3.05, 3.63) is 36.5 Å². The topological polar surface area (TPSA) is 111 Å². The van der Waals surface area contributed by atoms with Gasteiger partial charge in [0.05, 0.1) is 40.3 Å². The highest BCUT2D eigenvalue weighted by Gasteiger charge is 2.21. The first-order valence-electron chi connectivity index (χ1n) is 24.6. The molecule has 0 amide bonds. The minimum absolute atomic E-state index is 0.145. The van der Waals surface area contributed by atoms with Gasteiger partial charge in [-0.25, -0.2) is 0 Å². The molecule has 0 heterocycles. The second-order valence-electron chi connectivity index (χ2n) is 17.7. The van der Waals surface area contributed by atoms with Gasteiger partial charge in [-0.2, -0.15) is 0 Å². The van der Waals surface area contributed by atoms with E-state index in [0.29, 0.717) is 17.4 Å². The Bertz CT molecular complexity index is 1080. The van der Waals surface area contributed by atoms with Gasteiger partial charge in [0.15, 0.2) is 12.4 Å². The molecule has 60 heavy (non-hydrogen) atoms. The maximum absolute atomic E-state index is 12.8. The normalized spacial score (nSPS) is 13.2. The number of quaternary nitrogens is 1. The lowest BCUT2D eigenvalue weighted by Gasteiger charge is -2.26. The van der Waals surface area contributed by atoms with Crippen LogP contribution in [0.2, 0.25) is 0 Å². The Labute approximate surface area is 369 Å². The van der Waals surface area contributed by atoms with Crippen LogP contribution in [0.25, 0.3) is 0 Å². The van der Waals surface area contributed by atoms with Crippen LogP contribution in [-0.2, 0) is 33.3 Å². The third kappa shape index (κ3) is 43.6. The van der Waals surface area contributed by atoms with Crippen molar-refractivity contribution in [1.29, 1.82) is 0 Å². The van der Waals surface area contributed by atoms with Crippen LogP contribution in [0.5, 0.6) is 0 Å². The summed E-state index contributed by atoms with van der Waals surface area (Å²) in [6, 6.07) is 0. The molecule has 0 rings (SSSR count). The van der Waals surface area contributed by atoms with E-state index in [1.54, 1.807) is 0 Å². The summed E-state index contributed by atoms with van der Waals surface area (Å²) in [5.41, 5.74) is 0. The Morgan fingerprint density at radius 1 is 0.500 bits per heavy atom. The molecular weight excluding hydrogens is 755 g/mol. The molecule has 0 bridgehead atoms. The summed E-state index contributed by atoms with van der Waals surface area (Å²) in [4.78, 5) is 37.1. The molecule has 0 N–H and O–H groups in total. The molecule has 0 aromatic rings. The Kier molecular flexibility index (Phi) is 41.4. The number of esters is 2. The number of aliphatic carboxylic acids is 1. The Morgan fingerprint density at radius 2 is 0.900 bits per heavy atom. The van der Waals surface area contributed by atoms with E-state index in [-0.39, 0.29) is 38.6 Å². The molecule has 0 radical (unpaired) electrons. The van der Waals surface area contributed by atoms with Crippen molar-refractivity contribution in [2.75, 3.05) is 47.5 Å². The highest BCUT2D eigenvalue weighted by Crippen LogP contribution is 2.14. The third-order valence-electron chi connectivity index (χ3n) is 10.6. The average molecular weight is 848 g/mol. The summed E-state index contributed by atoms with van der Waals surface area (Å²) in [6.07, 6.45) is 45.9. The van der Waals surface area contributed by atoms with Gasteiger partial charge in [-0.15, -0.1) is 0 Å². The quantitative estimate of drug-likeness (QED) is 0.0196. The number of rotatable bonds is 45. The second kappa shape index (κ2) is 43.2. The molecule has 0 spiro atoms. The molecule has 2 unspecified atom stereocenters. The number of carboxylic acid groups (broad SMARTS) is 1. The van der Waals surface area contributed by atoms with Crippen LogP contribution in [0.3, 0.4) is 0 Å². The summed E-state index contributed by atoms with van der Waals surface area (Å²) in [6.45, 7) is 4.72. The van der Waals surface area contributed by atoms with Gasteiger partial charge in [-0.3, -0.25) is 9.59 Å². The number of nitrogens with zero attached hydrogens (tertiary/aromatic N) is 1. The Morgan fingerprint density at radius 3 is 1.35 bits per heavy atom. The summed E-state index contributed by atoms with van der Waals surface area (Å²) >= 11 is 0. The van der Waals surface area contributed by atoms with Crippen LogP contribution < -0.4 is 5.11 Å². The predicted molar refractivity (Wildman–Crippen MR) is 246 cm³/mol. The zero-order chi connectivity index (χ0) is 44.2. The minimum atomic E-state index is -1.62. The fraction of sp³-hybridized carbons (Fsp3) is 0.824. The molecule has 0 aliphatic rings. The van der Waals surface area contributed by atoms with Gasteiger partial charge < -0.3 is 33.3 Å². The number of allylic oxidation sites excluding steroid dienone is 6. The molecular formula is C51H93NO8. The number of hydrogen-bond acceptors (Lipinski definition) is 8. The van der Waals surface area contributed by atoms with Gasteiger partial charge in [0.2, 0.25) is 0 Å². The van der Waals surface area contributed by atoms with Crippen LogP contribution in [0.15, 0.2) is 36.5 Å².